The van der Waals surface area contributed by atoms with Crippen molar-refractivity contribution >= 4 is 40.7 Å². The number of ketones is 2. The van der Waals surface area contributed by atoms with Crippen molar-refractivity contribution in [1.82, 2.24) is 0 Å². The lowest BCUT2D eigenvalue weighted by Gasteiger charge is -2.27. The van der Waals surface area contributed by atoms with E-state index in [-0.39, 0.29) is 11.1 Å². The van der Waals surface area contributed by atoms with Crippen molar-refractivity contribution in [3.8, 4) is 11.5 Å². The largest absolute Gasteiger partial charge is 0.457 e. The van der Waals surface area contributed by atoms with Crippen LogP contribution >= 0.6 is 11.6 Å². The summed E-state index contributed by atoms with van der Waals surface area (Å²) in [5.41, 5.74) is 0.212. The molecule has 0 saturated carbocycles. The lowest BCUT2D eigenvalue weighted by Crippen LogP contribution is -2.51. The molecule has 0 aromatic heterocycles. The van der Waals surface area contributed by atoms with Gasteiger partial charge in [0.1, 0.15) is 11.5 Å². The number of benzene rings is 4. The fraction of sp³-hybridized carbons (Fsp3) is 0.152. The van der Waals surface area contributed by atoms with E-state index >= 15 is 0 Å². The maximum Gasteiger partial charge on any atom is 0.241 e. The average Bonchev–Trinajstić information content (AvgIpc) is 3.55. The summed E-state index contributed by atoms with van der Waals surface area (Å²) in [6.45, 7) is 1.93. The van der Waals surface area contributed by atoms with Gasteiger partial charge in [-0.2, -0.15) is 0 Å². The summed E-state index contributed by atoms with van der Waals surface area (Å²) < 4.78 is 12.2. The van der Waals surface area contributed by atoms with Crippen LogP contribution in [0.3, 0.4) is 0 Å². The van der Waals surface area contributed by atoms with E-state index < -0.39 is 46.9 Å². The second-order valence-electron chi connectivity index (χ2n) is 10.5. The van der Waals surface area contributed by atoms with Crippen LogP contribution in [-0.2, 0) is 14.3 Å². The average molecular weight is 564 g/mol. The van der Waals surface area contributed by atoms with Gasteiger partial charge in [-0.1, -0.05) is 65.7 Å². The number of hydrogen-bond acceptors (Lipinski definition) is 6. The number of fused-ring (bicyclic) bond motifs is 3. The highest BCUT2D eigenvalue weighted by Crippen LogP contribution is 2.57. The Hall–Kier alpha value is -4.59. The zero-order valence-corrected chi connectivity index (χ0v) is 22.5. The van der Waals surface area contributed by atoms with Gasteiger partial charge in [0.25, 0.3) is 0 Å². The van der Waals surface area contributed by atoms with E-state index in [1.54, 1.807) is 84.9 Å². The Morgan fingerprint density at radius 2 is 1.29 bits per heavy atom. The molecule has 1 spiro atoms. The number of carbonyl (C=O) groups is 4. The molecule has 41 heavy (non-hydrogen) atoms. The number of rotatable bonds is 4. The maximum atomic E-state index is 14.1. The number of aryl methyl sites for hydroxylation is 1. The summed E-state index contributed by atoms with van der Waals surface area (Å²) in [5, 5.41) is 0.581. The summed E-state index contributed by atoms with van der Waals surface area (Å²) in [6.07, 6.45) is -0.961. The van der Waals surface area contributed by atoms with Crippen LogP contribution in [0.5, 0.6) is 11.5 Å². The molecule has 0 unspecified atom stereocenters. The van der Waals surface area contributed by atoms with Crippen LogP contribution in [0, 0.1) is 18.8 Å². The number of imide groups is 1. The fourth-order valence-electron chi connectivity index (χ4n) is 6.13. The van der Waals surface area contributed by atoms with Crippen LogP contribution in [0.4, 0.5) is 5.69 Å². The molecule has 1 aliphatic carbocycles. The zero-order valence-electron chi connectivity index (χ0n) is 21.7. The predicted molar refractivity (Wildman–Crippen MR) is 150 cm³/mol. The van der Waals surface area contributed by atoms with Gasteiger partial charge in [-0.25, -0.2) is 4.90 Å². The van der Waals surface area contributed by atoms with Crippen LogP contribution in [0.15, 0.2) is 97.1 Å². The fourth-order valence-corrected chi connectivity index (χ4v) is 6.26. The Morgan fingerprint density at radius 3 is 1.88 bits per heavy atom. The minimum Gasteiger partial charge on any atom is -0.457 e. The minimum absolute atomic E-state index is 0.197. The molecule has 0 bridgehead atoms. The van der Waals surface area contributed by atoms with Gasteiger partial charge in [-0.05, 0) is 61.0 Å². The van der Waals surface area contributed by atoms with Crippen LogP contribution in [0.2, 0.25) is 5.02 Å². The molecule has 3 aliphatic rings. The van der Waals surface area contributed by atoms with Crippen molar-refractivity contribution < 1.29 is 28.7 Å². The molecular formula is C33H22ClNO6. The van der Waals surface area contributed by atoms with E-state index in [9.17, 15) is 19.2 Å². The zero-order chi connectivity index (χ0) is 28.5. The van der Waals surface area contributed by atoms with Crippen LogP contribution in [0.1, 0.15) is 37.9 Å². The highest BCUT2D eigenvalue weighted by molar-refractivity contribution is 6.37. The molecule has 2 fully saturated rings. The maximum absolute atomic E-state index is 14.1. The molecule has 7 rings (SSSR count). The summed E-state index contributed by atoms with van der Waals surface area (Å²) in [7, 11) is 0. The first-order valence-electron chi connectivity index (χ1n) is 13.1. The highest BCUT2D eigenvalue weighted by Gasteiger charge is 2.74. The van der Waals surface area contributed by atoms with Crippen molar-refractivity contribution in [3.63, 3.8) is 0 Å². The van der Waals surface area contributed by atoms with Gasteiger partial charge in [-0.3, -0.25) is 19.2 Å². The molecule has 2 heterocycles. The molecule has 2 amide bonds. The molecule has 4 aromatic carbocycles. The van der Waals surface area contributed by atoms with E-state index in [0.29, 0.717) is 27.8 Å². The van der Waals surface area contributed by atoms with Crippen molar-refractivity contribution in [2.24, 2.45) is 11.8 Å². The quantitative estimate of drug-likeness (QED) is 0.219. The first kappa shape index (κ1) is 25.4. The van der Waals surface area contributed by atoms with E-state index in [4.69, 9.17) is 21.1 Å². The third kappa shape index (κ3) is 3.70. The number of anilines is 1. The molecule has 3 atom stereocenters. The van der Waals surface area contributed by atoms with Crippen LogP contribution < -0.4 is 9.64 Å². The highest BCUT2D eigenvalue weighted by atomic mass is 35.5. The van der Waals surface area contributed by atoms with Crippen molar-refractivity contribution in [2.45, 2.75) is 18.6 Å². The van der Waals surface area contributed by atoms with Crippen molar-refractivity contribution in [1.29, 1.82) is 0 Å². The summed E-state index contributed by atoms with van der Waals surface area (Å²) in [4.78, 5) is 57.0. The Balaban J connectivity index is 1.28. The topological polar surface area (TPSA) is 90.0 Å². The SMILES string of the molecule is Cc1ccc([C@@H]2OC3(C(=O)c4ccccc4C3=O)[C@@H]3C(=O)N(c4ccc(Oc5ccc(Cl)cc5)cc4)C(=O)[C@@H]32)cc1. The second-order valence-corrected chi connectivity index (χ2v) is 10.9. The number of hydrogen-bond donors (Lipinski definition) is 0. The van der Waals surface area contributed by atoms with Crippen LogP contribution in [-0.4, -0.2) is 29.0 Å². The van der Waals surface area contributed by atoms with E-state index in [1.807, 2.05) is 19.1 Å². The molecule has 0 radical (unpaired) electrons. The third-order valence-electron chi connectivity index (χ3n) is 8.07. The number of nitrogens with zero attached hydrogens (tertiary/aromatic N) is 1. The van der Waals surface area contributed by atoms with Gasteiger partial charge >= 0.3 is 0 Å². The van der Waals surface area contributed by atoms with Crippen molar-refractivity contribution in [2.75, 3.05) is 4.90 Å². The standard InChI is InChI=1S/C33H22ClNO6/c1-18-6-8-19(9-7-18)28-26-27(33(41-28)29(36)24-4-2-3-5-25(24)30(33)37)32(39)35(31(26)38)21-12-16-23(17-13-21)40-22-14-10-20(34)11-15-22/h2-17,26-28H,1H3/t26-,27-,28-/m0/s1. The number of halogens is 1. The van der Waals surface area contributed by atoms with Gasteiger partial charge in [0.15, 0.2) is 0 Å². The number of ether oxygens (including phenoxy) is 2. The van der Waals surface area contributed by atoms with Gasteiger partial charge < -0.3 is 9.47 Å². The van der Waals surface area contributed by atoms with E-state index in [1.165, 1.54) is 0 Å². The number of amides is 2. The molecule has 8 heteroatoms. The van der Waals surface area contributed by atoms with Crippen LogP contribution in [0.25, 0.3) is 0 Å². The first-order chi connectivity index (χ1) is 19.8. The Bertz CT molecular complexity index is 1710. The Morgan fingerprint density at radius 1 is 0.732 bits per heavy atom. The van der Waals surface area contributed by atoms with Gasteiger partial charge in [-0.15, -0.1) is 0 Å². The van der Waals surface area contributed by atoms with Crippen molar-refractivity contribution in [3.05, 3.63) is 124 Å². The monoisotopic (exact) mass is 563 g/mol. The third-order valence-corrected chi connectivity index (χ3v) is 8.32. The molecular weight excluding hydrogens is 542 g/mol. The minimum atomic E-state index is -2.11. The molecule has 0 N–H and O–H groups in total. The van der Waals surface area contributed by atoms with E-state index in [2.05, 4.69) is 0 Å². The smallest absolute Gasteiger partial charge is 0.241 e. The molecule has 2 saturated heterocycles. The second kappa shape index (κ2) is 9.23. The molecule has 202 valence electrons. The molecule has 4 aromatic rings. The first-order valence-corrected chi connectivity index (χ1v) is 13.5. The molecule has 2 aliphatic heterocycles. The summed E-state index contributed by atoms with van der Waals surface area (Å²) in [5.74, 6) is -3.64. The normalized spacial score (nSPS) is 22.4. The molecule has 7 nitrogen and oxygen atoms in total. The lowest BCUT2D eigenvalue weighted by atomic mass is 9.77. The van der Waals surface area contributed by atoms with Gasteiger partial charge in [0, 0.05) is 16.1 Å². The Kier molecular flexibility index (Phi) is 5.71. The van der Waals surface area contributed by atoms with Gasteiger partial charge in [0.05, 0.1) is 23.6 Å². The van der Waals surface area contributed by atoms with E-state index in [0.717, 1.165) is 10.5 Å². The summed E-state index contributed by atoms with van der Waals surface area (Å²) in [6, 6.07) is 27.1. The number of Topliss-reactive ketones (excluding diaryl/α,β-unsaturated/α-hetero) is 2. The lowest BCUT2D eigenvalue weighted by molar-refractivity contribution is -0.127. The van der Waals surface area contributed by atoms with Gasteiger partial charge in [0.2, 0.25) is 29.0 Å². The predicted octanol–water partition coefficient (Wildman–Crippen LogP) is 6.14. The number of carbonyl (C=O) groups excluding carboxylic acids is 4. The Labute approximate surface area is 240 Å². The summed E-state index contributed by atoms with van der Waals surface area (Å²) >= 11 is 5.95.